The summed E-state index contributed by atoms with van der Waals surface area (Å²) in [5.41, 5.74) is 2.61. The standard InChI is InChI=1S/C17H16Br2ClN/c18-11-5-6-14(17(20)9-11)12-7-8-21-10-15(12)13-3-1-2-4-16(13)19/h1-6,9,12,15,21H,7-8,10H2. The molecule has 1 nitrogen and oxygen atoms in total. The summed E-state index contributed by atoms with van der Waals surface area (Å²) in [5, 5.41) is 4.37. The van der Waals surface area contributed by atoms with Crippen molar-refractivity contribution in [1.29, 1.82) is 0 Å². The summed E-state index contributed by atoms with van der Waals surface area (Å²) in [7, 11) is 0. The van der Waals surface area contributed by atoms with E-state index in [9.17, 15) is 0 Å². The molecule has 0 amide bonds. The van der Waals surface area contributed by atoms with Crippen LogP contribution in [-0.2, 0) is 0 Å². The fraction of sp³-hybridized carbons (Fsp3) is 0.294. The zero-order valence-corrected chi connectivity index (χ0v) is 15.4. The fourth-order valence-corrected chi connectivity index (χ4v) is 4.53. The number of nitrogens with one attached hydrogen (secondary N) is 1. The molecular weight excluding hydrogens is 413 g/mol. The van der Waals surface area contributed by atoms with Crippen LogP contribution in [0.1, 0.15) is 29.4 Å². The summed E-state index contributed by atoms with van der Waals surface area (Å²) in [4.78, 5) is 0. The Balaban J connectivity index is 2.00. The lowest BCUT2D eigenvalue weighted by atomic mass is 9.77. The van der Waals surface area contributed by atoms with Crippen LogP contribution in [0.4, 0.5) is 0 Å². The van der Waals surface area contributed by atoms with Gasteiger partial charge in [0.05, 0.1) is 0 Å². The normalized spacial score (nSPS) is 22.2. The van der Waals surface area contributed by atoms with Crippen molar-refractivity contribution in [1.82, 2.24) is 5.32 Å². The average Bonchev–Trinajstić information content (AvgIpc) is 2.48. The summed E-state index contributed by atoms with van der Waals surface area (Å²) in [6.07, 6.45) is 1.10. The van der Waals surface area contributed by atoms with Gasteiger partial charge in [0.2, 0.25) is 0 Å². The smallest absolute Gasteiger partial charge is 0.0452 e. The Morgan fingerprint density at radius 3 is 2.57 bits per heavy atom. The molecule has 110 valence electrons. The quantitative estimate of drug-likeness (QED) is 0.643. The molecule has 0 saturated carbocycles. The summed E-state index contributed by atoms with van der Waals surface area (Å²) < 4.78 is 2.21. The fourth-order valence-electron chi connectivity index (χ4n) is 3.14. The minimum Gasteiger partial charge on any atom is -0.316 e. The first-order chi connectivity index (χ1) is 10.2. The molecule has 0 spiro atoms. The van der Waals surface area contributed by atoms with Crippen molar-refractivity contribution in [3.8, 4) is 0 Å². The molecule has 0 bridgehead atoms. The van der Waals surface area contributed by atoms with Gasteiger partial charge in [-0.25, -0.2) is 0 Å². The zero-order chi connectivity index (χ0) is 14.8. The summed E-state index contributed by atoms with van der Waals surface area (Å²) in [6.45, 7) is 2.03. The van der Waals surface area contributed by atoms with Crippen molar-refractivity contribution in [2.24, 2.45) is 0 Å². The number of hydrogen-bond donors (Lipinski definition) is 1. The number of benzene rings is 2. The van der Waals surface area contributed by atoms with Crippen LogP contribution in [0.5, 0.6) is 0 Å². The second-order valence-corrected chi connectivity index (χ2v) is 7.57. The maximum absolute atomic E-state index is 6.49. The van der Waals surface area contributed by atoms with Gasteiger partial charge in [0, 0.05) is 26.4 Å². The van der Waals surface area contributed by atoms with Crippen LogP contribution >= 0.6 is 43.5 Å². The first-order valence-corrected chi connectivity index (χ1v) is 9.03. The number of halogens is 3. The Bertz CT molecular complexity index is 644. The number of piperidine rings is 1. The van der Waals surface area contributed by atoms with Crippen molar-refractivity contribution in [2.45, 2.75) is 18.3 Å². The topological polar surface area (TPSA) is 12.0 Å². The van der Waals surface area contributed by atoms with Crippen LogP contribution < -0.4 is 5.32 Å². The van der Waals surface area contributed by atoms with Crippen molar-refractivity contribution in [3.63, 3.8) is 0 Å². The van der Waals surface area contributed by atoms with E-state index in [4.69, 9.17) is 11.6 Å². The molecule has 2 atom stereocenters. The highest BCUT2D eigenvalue weighted by molar-refractivity contribution is 9.10. The van der Waals surface area contributed by atoms with Crippen LogP contribution in [0.2, 0.25) is 5.02 Å². The lowest BCUT2D eigenvalue weighted by Crippen LogP contribution is -2.34. The van der Waals surface area contributed by atoms with Gasteiger partial charge in [0.25, 0.3) is 0 Å². The Labute approximate surface area is 147 Å². The van der Waals surface area contributed by atoms with Gasteiger partial charge in [0.15, 0.2) is 0 Å². The van der Waals surface area contributed by atoms with Gasteiger partial charge in [-0.1, -0.05) is 67.7 Å². The summed E-state index contributed by atoms with van der Waals surface area (Å²) in [5.74, 6) is 0.888. The van der Waals surface area contributed by atoms with Gasteiger partial charge >= 0.3 is 0 Å². The molecule has 3 rings (SSSR count). The van der Waals surface area contributed by atoms with Crippen molar-refractivity contribution in [2.75, 3.05) is 13.1 Å². The number of rotatable bonds is 2. The van der Waals surface area contributed by atoms with Gasteiger partial charge in [0.1, 0.15) is 0 Å². The highest BCUT2D eigenvalue weighted by Crippen LogP contribution is 2.42. The van der Waals surface area contributed by atoms with Gasteiger partial charge in [-0.2, -0.15) is 0 Å². The summed E-state index contributed by atoms with van der Waals surface area (Å²) >= 11 is 13.7. The Hall–Kier alpha value is -0.350. The van der Waals surface area contributed by atoms with E-state index in [1.54, 1.807) is 0 Å². The predicted octanol–water partition coefficient (Wildman–Crippen LogP) is 5.73. The van der Waals surface area contributed by atoms with Crippen LogP contribution in [0.3, 0.4) is 0 Å². The van der Waals surface area contributed by atoms with E-state index >= 15 is 0 Å². The third-order valence-electron chi connectivity index (χ3n) is 4.15. The molecule has 0 radical (unpaired) electrons. The van der Waals surface area contributed by atoms with E-state index in [1.807, 2.05) is 6.07 Å². The summed E-state index contributed by atoms with van der Waals surface area (Å²) in [6, 6.07) is 14.7. The molecule has 1 fully saturated rings. The number of hydrogen-bond acceptors (Lipinski definition) is 1. The lowest BCUT2D eigenvalue weighted by Gasteiger charge is -2.34. The molecule has 0 aliphatic carbocycles. The van der Waals surface area contributed by atoms with Crippen LogP contribution in [0, 0.1) is 0 Å². The molecular formula is C17H16Br2ClN. The van der Waals surface area contributed by atoms with Crippen LogP contribution in [0.25, 0.3) is 0 Å². The van der Waals surface area contributed by atoms with Gasteiger partial charge < -0.3 is 5.32 Å². The molecule has 2 aromatic carbocycles. The van der Waals surface area contributed by atoms with Crippen molar-refractivity contribution in [3.05, 3.63) is 67.6 Å². The molecule has 1 saturated heterocycles. The third-order valence-corrected chi connectivity index (χ3v) is 5.69. The Morgan fingerprint density at radius 2 is 1.81 bits per heavy atom. The van der Waals surface area contributed by atoms with Crippen LogP contribution in [-0.4, -0.2) is 13.1 Å². The predicted molar refractivity (Wildman–Crippen MR) is 96.3 cm³/mol. The Morgan fingerprint density at radius 1 is 1.00 bits per heavy atom. The SMILES string of the molecule is Clc1cc(Br)ccc1C1CCNCC1c1ccccc1Br. The second kappa shape index (κ2) is 6.82. The van der Waals surface area contributed by atoms with E-state index in [0.29, 0.717) is 11.8 Å². The molecule has 21 heavy (non-hydrogen) atoms. The lowest BCUT2D eigenvalue weighted by molar-refractivity contribution is 0.403. The monoisotopic (exact) mass is 427 g/mol. The van der Waals surface area contributed by atoms with E-state index in [1.165, 1.54) is 15.6 Å². The molecule has 1 aliphatic heterocycles. The van der Waals surface area contributed by atoms with Gasteiger partial charge in [-0.05, 0) is 48.2 Å². The minimum absolute atomic E-state index is 0.438. The first kappa shape index (κ1) is 15.5. The van der Waals surface area contributed by atoms with Crippen LogP contribution in [0.15, 0.2) is 51.4 Å². The van der Waals surface area contributed by atoms with E-state index in [-0.39, 0.29) is 0 Å². The molecule has 1 N–H and O–H groups in total. The highest BCUT2D eigenvalue weighted by Gasteiger charge is 2.30. The van der Waals surface area contributed by atoms with Gasteiger partial charge in [-0.3, -0.25) is 0 Å². The maximum Gasteiger partial charge on any atom is 0.0452 e. The van der Waals surface area contributed by atoms with Crippen molar-refractivity contribution < 1.29 is 0 Å². The molecule has 2 unspecified atom stereocenters. The zero-order valence-electron chi connectivity index (χ0n) is 11.5. The second-order valence-electron chi connectivity index (χ2n) is 5.39. The molecule has 1 heterocycles. The molecule has 4 heteroatoms. The molecule has 0 aromatic heterocycles. The first-order valence-electron chi connectivity index (χ1n) is 7.07. The Kier molecular flexibility index (Phi) is 5.05. The average molecular weight is 430 g/mol. The van der Waals surface area contributed by atoms with E-state index < -0.39 is 0 Å². The maximum atomic E-state index is 6.49. The van der Waals surface area contributed by atoms with E-state index in [2.05, 4.69) is 73.6 Å². The third kappa shape index (κ3) is 3.37. The molecule has 1 aliphatic rings. The van der Waals surface area contributed by atoms with Crippen molar-refractivity contribution >= 4 is 43.5 Å². The van der Waals surface area contributed by atoms with E-state index in [0.717, 1.165) is 29.0 Å². The highest BCUT2D eigenvalue weighted by atomic mass is 79.9. The molecule has 2 aromatic rings. The largest absolute Gasteiger partial charge is 0.316 e. The van der Waals surface area contributed by atoms with Gasteiger partial charge in [-0.15, -0.1) is 0 Å². The minimum atomic E-state index is 0.438.